The van der Waals surface area contributed by atoms with Crippen LogP contribution in [-0.2, 0) is 13.0 Å². The lowest BCUT2D eigenvalue weighted by Crippen LogP contribution is -2.35. The van der Waals surface area contributed by atoms with Crippen molar-refractivity contribution in [2.75, 3.05) is 6.54 Å². The zero-order chi connectivity index (χ0) is 13.5. The van der Waals surface area contributed by atoms with E-state index in [2.05, 4.69) is 26.9 Å². The zero-order valence-electron chi connectivity index (χ0n) is 10.7. The monoisotopic (exact) mass is 284 g/mol. The van der Waals surface area contributed by atoms with Gasteiger partial charge in [0.05, 0.1) is 0 Å². The van der Waals surface area contributed by atoms with Crippen molar-refractivity contribution in [2.45, 2.75) is 13.0 Å². The number of H-pyrrole nitrogens is 1. The molecule has 3 heterocycles. The Kier molecular flexibility index (Phi) is 2.56. The van der Waals surface area contributed by atoms with Gasteiger partial charge in [-0.3, -0.25) is 4.79 Å². The first-order valence-corrected chi connectivity index (χ1v) is 7.34. The molecule has 6 heteroatoms. The van der Waals surface area contributed by atoms with Crippen molar-refractivity contribution >= 4 is 28.3 Å². The lowest BCUT2D eigenvalue weighted by molar-refractivity contribution is 0.0736. The minimum absolute atomic E-state index is 0.0618. The molecule has 0 unspecified atom stereocenters. The highest BCUT2D eigenvalue weighted by Gasteiger charge is 2.22. The van der Waals surface area contributed by atoms with Gasteiger partial charge in [-0.1, -0.05) is 0 Å². The SMILES string of the molecule is O=C(c1ccc2n[nH]nc2c1)N1CCc2sccc2C1. The topological polar surface area (TPSA) is 61.9 Å². The summed E-state index contributed by atoms with van der Waals surface area (Å²) >= 11 is 1.78. The standard InChI is InChI=1S/C14H12N4OS/c19-14(9-1-2-11-12(7-9)16-17-15-11)18-5-3-13-10(8-18)4-6-20-13/h1-2,4,6-7H,3,5,8H2,(H,15,16,17). The van der Waals surface area contributed by atoms with E-state index in [9.17, 15) is 4.79 Å². The molecule has 5 nitrogen and oxygen atoms in total. The van der Waals surface area contributed by atoms with Gasteiger partial charge in [-0.15, -0.1) is 11.3 Å². The molecule has 100 valence electrons. The van der Waals surface area contributed by atoms with Crippen LogP contribution in [0.2, 0.25) is 0 Å². The summed E-state index contributed by atoms with van der Waals surface area (Å²) in [7, 11) is 0. The van der Waals surface area contributed by atoms with Crippen molar-refractivity contribution in [3.8, 4) is 0 Å². The quantitative estimate of drug-likeness (QED) is 0.745. The Morgan fingerprint density at radius 2 is 2.15 bits per heavy atom. The summed E-state index contributed by atoms with van der Waals surface area (Å²) in [6.45, 7) is 1.48. The van der Waals surface area contributed by atoms with E-state index < -0.39 is 0 Å². The average Bonchev–Trinajstić information content (AvgIpc) is 3.13. The smallest absolute Gasteiger partial charge is 0.254 e. The van der Waals surface area contributed by atoms with Gasteiger partial charge in [0.2, 0.25) is 0 Å². The minimum atomic E-state index is 0.0618. The summed E-state index contributed by atoms with van der Waals surface area (Å²) < 4.78 is 0. The molecule has 0 spiro atoms. The Morgan fingerprint density at radius 1 is 1.25 bits per heavy atom. The molecule has 1 aliphatic rings. The van der Waals surface area contributed by atoms with E-state index in [1.807, 2.05) is 17.0 Å². The molecule has 1 aromatic carbocycles. The Hall–Kier alpha value is -2.21. The van der Waals surface area contributed by atoms with E-state index in [1.54, 1.807) is 17.4 Å². The normalized spacial score (nSPS) is 14.5. The molecule has 1 amide bonds. The number of amides is 1. The average molecular weight is 284 g/mol. The Balaban J connectivity index is 1.64. The molecular weight excluding hydrogens is 272 g/mol. The molecule has 0 aliphatic carbocycles. The van der Waals surface area contributed by atoms with Gasteiger partial charge in [-0.2, -0.15) is 15.4 Å². The second-order valence-electron chi connectivity index (χ2n) is 4.87. The molecule has 1 N–H and O–H groups in total. The van der Waals surface area contributed by atoms with Gasteiger partial charge in [0, 0.05) is 23.5 Å². The zero-order valence-corrected chi connectivity index (χ0v) is 11.5. The van der Waals surface area contributed by atoms with Gasteiger partial charge in [0.1, 0.15) is 11.0 Å². The first-order valence-electron chi connectivity index (χ1n) is 6.46. The van der Waals surface area contributed by atoms with E-state index in [0.29, 0.717) is 12.1 Å². The highest BCUT2D eigenvalue weighted by Crippen LogP contribution is 2.25. The van der Waals surface area contributed by atoms with Gasteiger partial charge in [0.25, 0.3) is 5.91 Å². The molecule has 0 bridgehead atoms. The molecule has 1 aliphatic heterocycles. The first kappa shape index (κ1) is 11.6. The maximum Gasteiger partial charge on any atom is 0.254 e. The third-order valence-corrected chi connectivity index (χ3v) is 4.68. The number of benzene rings is 1. The fourth-order valence-corrected chi connectivity index (χ4v) is 3.47. The molecule has 3 aromatic rings. The van der Waals surface area contributed by atoms with E-state index in [0.717, 1.165) is 24.0 Å². The molecule has 0 saturated carbocycles. The summed E-state index contributed by atoms with van der Waals surface area (Å²) in [6, 6.07) is 7.55. The highest BCUT2D eigenvalue weighted by atomic mass is 32.1. The van der Waals surface area contributed by atoms with Crippen LogP contribution in [0.3, 0.4) is 0 Å². The highest BCUT2D eigenvalue weighted by molar-refractivity contribution is 7.10. The van der Waals surface area contributed by atoms with Crippen LogP contribution in [0.5, 0.6) is 0 Å². The van der Waals surface area contributed by atoms with Crippen LogP contribution in [0.15, 0.2) is 29.6 Å². The summed E-state index contributed by atoms with van der Waals surface area (Å²) in [6.07, 6.45) is 0.949. The van der Waals surface area contributed by atoms with Crippen LogP contribution in [-0.4, -0.2) is 32.8 Å². The second kappa shape index (κ2) is 4.42. The van der Waals surface area contributed by atoms with Crippen LogP contribution in [0.25, 0.3) is 11.0 Å². The molecule has 4 rings (SSSR count). The van der Waals surface area contributed by atoms with Crippen LogP contribution >= 0.6 is 11.3 Å². The van der Waals surface area contributed by atoms with Crippen molar-refractivity contribution in [1.29, 1.82) is 0 Å². The van der Waals surface area contributed by atoms with Gasteiger partial charge < -0.3 is 4.90 Å². The summed E-state index contributed by atoms with van der Waals surface area (Å²) in [5, 5.41) is 12.7. The number of hydrogen-bond donors (Lipinski definition) is 1. The first-order chi connectivity index (χ1) is 9.81. The van der Waals surface area contributed by atoms with Crippen LogP contribution < -0.4 is 0 Å². The molecular formula is C14H12N4OS. The van der Waals surface area contributed by atoms with Gasteiger partial charge in [-0.25, -0.2) is 0 Å². The van der Waals surface area contributed by atoms with Gasteiger partial charge in [0.15, 0.2) is 0 Å². The number of nitrogens with zero attached hydrogens (tertiary/aromatic N) is 3. The van der Waals surface area contributed by atoms with Gasteiger partial charge in [-0.05, 0) is 41.6 Å². The van der Waals surface area contributed by atoms with Crippen molar-refractivity contribution < 1.29 is 4.79 Å². The van der Waals surface area contributed by atoms with Crippen molar-refractivity contribution in [1.82, 2.24) is 20.3 Å². The Morgan fingerprint density at radius 3 is 3.10 bits per heavy atom. The number of carbonyl (C=O) groups excluding carboxylic acids is 1. The number of aromatic nitrogens is 3. The largest absolute Gasteiger partial charge is 0.334 e. The molecule has 0 radical (unpaired) electrons. The molecule has 0 fully saturated rings. The van der Waals surface area contributed by atoms with E-state index in [4.69, 9.17) is 0 Å². The molecule has 0 atom stereocenters. The number of aromatic amines is 1. The fraction of sp³-hybridized carbons (Fsp3) is 0.214. The molecule has 0 saturated heterocycles. The Bertz CT molecular complexity index is 791. The number of fused-ring (bicyclic) bond motifs is 2. The summed E-state index contributed by atoms with van der Waals surface area (Å²) in [4.78, 5) is 15.9. The van der Waals surface area contributed by atoms with E-state index in [-0.39, 0.29) is 5.91 Å². The number of nitrogens with one attached hydrogen (secondary N) is 1. The third-order valence-electron chi connectivity index (χ3n) is 3.66. The number of hydrogen-bond acceptors (Lipinski definition) is 4. The number of carbonyl (C=O) groups is 1. The second-order valence-corrected chi connectivity index (χ2v) is 5.87. The molecule has 20 heavy (non-hydrogen) atoms. The fourth-order valence-electron chi connectivity index (χ4n) is 2.58. The lowest BCUT2D eigenvalue weighted by atomic mass is 10.1. The van der Waals surface area contributed by atoms with Crippen LogP contribution in [0, 0.1) is 0 Å². The van der Waals surface area contributed by atoms with E-state index in [1.165, 1.54) is 10.4 Å². The van der Waals surface area contributed by atoms with Crippen molar-refractivity contribution in [2.24, 2.45) is 0 Å². The molecule has 2 aromatic heterocycles. The summed E-state index contributed by atoms with van der Waals surface area (Å²) in [5.74, 6) is 0.0618. The summed E-state index contributed by atoms with van der Waals surface area (Å²) in [5.41, 5.74) is 3.45. The van der Waals surface area contributed by atoms with Crippen molar-refractivity contribution in [3.63, 3.8) is 0 Å². The predicted molar refractivity (Wildman–Crippen MR) is 76.7 cm³/mol. The number of thiophene rings is 1. The maximum absolute atomic E-state index is 12.6. The van der Waals surface area contributed by atoms with Crippen LogP contribution in [0.1, 0.15) is 20.8 Å². The Labute approximate surface area is 119 Å². The van der Waals surface area contributed by atoms with Crippen molar-refractivity contribution in [3.05, 3.63) is 45.6 Å². The minimum Gasteiger partial charge on any atom is -0.334 e. The lowest BCUT2D eigenvalue weighted by Gasteiger charge is -2.27. The number of rotatable bonds is 1. The van der Waals surface area contributed by atoms with E-state index >= 15 is 0 Å². The third kappa shape index (κ3) is 1.80. The van der Waals surface area contributed by atoms with Crippen LogP contribution in [0.4, 0.5) is 0 Å². The maximum atomic E-state index is 12.6. The van der Waals surface area contributed by atoms with Gasteiger partial charge >= 0.3 is 0 Å². The predicted octanol–water partition coefficient (Wildman–Crippen LogP) is 2.22.